The Morgan fingerprint density at radius 1 is 1.00 bits per heavy atom. The van der Waals surface area contributed by atoms with E-state index in [0.717, 1.165) is 36.3 Å². The molecule has 9 heteroatoms. The fourth-order valence-corrected chi connectivity index (χ4v) is 4.09. The molecule has 1 saturated heterocycles. The van der Waals surface area contributed by atoms with Crippen LogP contribution in [0.1, 0.15) is 29.9 Å². The van der Waals surface area contributed by atoms with Crippen molar-refractivity contribution >= 4 is 17.6 Å². The summed E-state index contributed by atoms with van der Waals surface area (Å²) in [5.41, 5.74) is 1.03. The molecule has 7 nitrogen and oxygen atoms in total. The number of carbonyl (C=O) groups is 2. The molecule has 0 saturated carbocycles. The molecule has 1 aliphatic heterocycles. The number of rotatable bonds is 9. The van der Waals surface area contributed by atoms with Gasteiger partial charge in [-0.1, -0.05) is 30.3 Å². The molecule has 3 aromatic rings. The Hall–Kier alpha value is -3.72. The van der Waals surface area contributed by atoms with Gasteiger partial charge >= 0.3 is 6.03 Å². The Labute approximate surface area is 208 Å². The molecule has 1 aromatic heterocycles. The number of urea groups is 1. The van der Waals surface area contributed by atoms with Gasteiger partial charge in [-0.2, -0.15) is 0 Å². The fraction of sp³-hybridized carbons (Fsp3) is 0.333. The number of hydrogen-bond donors (Lipinski definition) is 1. The maximum atomic E-state index is 13.7. The minimum absolute atomic E-state index is 0.0934. The second-order valence-corrected chi connectivity index (χ2v) is 8.82. The summed E-state index contributed by atoms with van der Waals surface area (Å²) in [6.07, 6.45) is 1.43. The van der Waals surface area contributed by atoms with Crippen molar-refractivity contribution < 1.29 is 27.5 Å². The number of halogens is 2. The number of hydrogen-bond acceptors (Lipinski definition) is 4. The highest BCUT2D eigenvalue weighted by Crippen LogP contribution is 2.18. The predicted molar refractivity (Wildman–Crippen MR) is 130 cm³/mol. The highest BCUT2D eigenvalue weighted by molar-refractivity contribution is 5.92. The van der Waals surface area contributed by atoms with E-state index in [0.29, 0.717) is 18.9 Å². The van der Waals surface area contributed by atoms with Crippen molar-refractivity contribution in [3.05, 3.63) is 89.4 Å². The van der Waals surface area contributed by atoms with E-state index in [9.17, 15) is 18.4 Å². The molecule has 0 aliphatic carbocycles. The summed E-state index contributed by atoms with van der Waals surface area (Å²) < 4.78 is 38.3. The van der Waals surface area contributed by atoms with Crippen LogP contribution in [0, 0.1) is 18.6 Å². The Kier molecular flexibility index (Phi) is 8.32. The zero-order valence-corrected chi connectivity index (χ0v) is 20.1. The van der Waals surface area contributed by atoms with Crippen molar-refractivity contribution in [2.24, 2.45) is 0 Å². The summed E-state index contributed by atoms with van der Waals surface area (Å²) in [6.45, 7) is 2.97. The van der Waals surface area contributed by atoms with Gasteiger partial charge in [-0.05, 0) is 49.6 Å². The van der Waals surface area contributed by atoms with Gasteiger partial charge in [0.15, 0.2) is 11.6 Å². The molecule has 2 aromatic carbocycles. The number of anilines is 1. The van der Waals surface area contributed by atoms with Crippen molar-refractivity contribution in [3.63, 3.8) is 0 Å². The number of furan rings is 1. The first kappa shape index (κ1) is 25.4. The molecule has 0 bridgehead atoms. The molecule has 36 heavy (non-hydrogen) atoms. The average Bonchev–Trinajstić information content (AvgIpc) is 3.52. The van der Waals surface area contributed by atoms with Crippen LogP contribution in [0.3, 0.4) is 0 Å². The first-order chi connectivity index (χ1) is 17.4. The molecule has 4 rings (SSSR count). The van der Waals surface area contributed by atoms with Gasteiger partial charge in [0.05, 0.1) is 12.6 Å². The van der Waals surface area contributed by atoms with Gasteiger partial charge < -0.3 is 24.3 Å². The van der Waals surface area contributed by atoms with E-state index < -0.39 is 17.7 Å². The number of aryl methyl sites for hydroxylation is 1. The van der Waals surface area contributed by atoms with Crippen LogP contribution in [0.2, 0.25) is 0 Å². The largest absolute Gasteiger partial charge is 0.464 e. The summed E-state index contributed by atoms with van der Waals surface area (Å²) in [5.74, 6) is -0.996. The topological polar surface area (TPSA) is 75.0 Å². The number of benzene rings is 2. The maximum absolute atomic E-state index is 13.7. The van der Waals surface area contributed by atoms with Crippen LogP contribution in [0.25, 0.3) is 0 Å². The molecule has 2 heterocycles. The Morgan fingerprint density at radius 3 is 2.47 bits per heavy atom. The van der Waals surface area contributed by atoms with Gasteiger partial charge in [0, 0.05) is 31.5 Å². The van der Waals surface area contributed by atoms with E-state index >= 15 is 0 Å². The lowest BCUT2D eigenvalue weighted by molar-refractivity contribution is -0.133. The zero-order chi connectivity index (χ0) is 25.5. The smallest absolute Gasteiger partial charge is 0.322 e. The molecule has 3 amide bonds. The number of nitrogens with one attached hydrogen (secondary N) is 1. The van der Waals surface area contributed by atoms with Crippen molar-refractivity contribution in [2.75, 3.05) is 25.0 Å². The lowest BCUT2D eigenvalue weighted by Crippen LogP contribution is -2.46. The van der Waals surface area contributed by atoms with Crippen molar-refractivity contribution in [3.8, 4) is 0 Å². The highest BCUT2D eigenvalue weighted by atomic mass is 19.2. The van der Waals surface area contributed by atoms with Crippen LogP contribution in [0.4, 0.5) is 19.3 Å². The molecule has 1 unspecified atom stereocenters. The lowest BCUT2D eigenvalue weighted by atomic mass is 10.2. The van der Waals surface area contributed by atoms with E-state index in [2.05, 4.69) is 5.32 Å². The molecule has 190 valence electrons. The third-order valence-electron chi connectivity index (χ3n) is 5.94. The van der Waals surface area contributed by atoms with E-state index in [1.165, 1.54) is 11.0 Å². The SMILES string of the molecule is Cc1ccc(CN(Cc2ccccc2)C(=O)CN(CC2CCCO2)C(=O)Nc2ccc(F)c(F)c2)o1. The first-order valence-electron chi connectivity index (χ1n) is 11.9. The minimum atomic E-state index is -1.07. The monoisotopic (exact) mass is 497 g/mol. The van der Waals surface area contributed by atoms with E-state index in [-0.39, 0.29) is 37.3 Å². The van der Waals surface area contributed by atoms with Gasteiger partial charge in [-0.3, -0.25) is 4.79 Å². The van der Waals surface area contributed by atoms with E-state index in [4.69, 9.17) is 9.15 Å². The molecule has 1 N–H and O–H groups in total. The Bertz CT molecular complexity index is 1180. The van der Waals surface area contributed by atoms with Gasteiger partial charge in [-0.15, -0.1) is 0 Å². The lowest BCUT2D eigenvalue weighted by Gasteiger charge is -2.29. The van der Waals surface area contributed by atoms with Crippen LogP contribution < -0.4 is 5.32 Å². The molecule has 1 atom stereocenters. The molecular weight excluding hydrogens is 468 g/mol. The predicted octanol–water partition coefficient (Wildman–Crippen LogP) is 5.11. The van der Waals surface area contributed by atoms with Gasteiger partial charge in [-0.25, -0.2) is 13.6 Å². The normalized spacial score (nSPS) is 15.0. The number of carbonyl (C=O) groups excluding carboxylic acids is 2. The molecule has 1 aliphatic rings. The number of ether oxygens (including phenoxy) is 1. The van der Waals surface area contributed by atoms with Crippen LogP contribution in [0.5, 0.6) is 0 Å². The van der Waals surface area contributed by atoms with Crippen LogP contribution in [-0.4, -0.2) is 47.5 Å². The van der Waals surface area contributed by atoms with Gasteiger partial charge in [0.2, 0.25) is 5.91 Å². The van der Waals surface area contributed by atoms with Crippen LogP contribution >= 0.6 is 0 Å². The highest BCUT2D eigenvalue weighted by Gasteiger charge is 2.27. The Morgan fingerprint density at radius 2 is 1.81 bits per heavy atom. The second kappa shape index (κ2) is 11.8. The van der Waals surface area contributed by atoms with Crippen molar-refractivity contribution in [1.29, 1.82) is 0 Å². The minimum Gasteiger partial charge on any atom is -0.464 e. The standard InChI is InChI=1S/C27H29F2N3O4/c1-19-9-11-23(36-19)17-31(15-20-6-3-2-4-7-20)26(33)18-32(16-22-8-5-13-35-22)27(34)30-21-10-12-24(28)25(29)14-21/h2-4,6-7,9-12,14,22H,5,8,13,15-18H2,1H3,(H,30,34). The number of nitrogens with zero attached hydrogens (tertiary/aromatic N) is 2. The molecular formula is C27H29F2N3O4. The average molecular weight is 498 g/mol. The second-order valence-electron chi connectivity index (χ2n) is 8.82. The number of amides is 3. The molecule has 0 radical (unpaired) electrons. The summed E-state index contributed by atoms with van der Waals surface area (Å²) in [5, 5.41) is 2.57. The van der Waals surface area contributed by atoms with Gasteiger partial charge in [0.25, 0.3) is 0 Å². The van der Waals surface area contributed by atoms with Crippen LogP contribution in [-0.2, 0) is 22.6 Å². The molecule has 1 fully saturated rings. The fourth-order valence-electron chi connectivity index (χ4n) is 4.09. The molecule has 0 spiro atoms. The summed E-state index contributed by atoms with van der Waals surface area (Å²) in [7, 11) is 0. The third kappa shape index (κ3) is 6.91. The first-order valence-corrected chi connectivity index (χ1v) is 11.9. The third-order valence-corrected chi connectivity index (χ3v) is 5.94. The summed E-state index contributed by atoms with van der Waals surface area (Å²) in [6, 6.07) is 15.7. The van der Waals surface area contributed by atoms with Crippen LogP contribution in [0.15, 0.2) is 65.1 Å². The van der Waals surface area contributed by atoms with Crippen molar-refractivity contribution in [1.82, 2.24) is 9.80 Å². The summed E-state index contributed by atoms with van der Waals surface area (Å²) >= 11 is 0. The summed E-state index contributed by atoms with van der Waals surface area (Å²) in [4.78, 5) is 29.6. The van der Waals surface area contributed by atoms with Crippen molar-refractivity contribution in [2.45, 2.75) is 39.0 Å². The van der Waals surface area contributed by atoms with E-state index in [1.807, 2.05) is 49.4 Å². The van der Waals surface area contributed by atoms with E-state index in [1.54, 1.807) is 4.90 Å². The maximum Gasteiger partial charge on any atom is 0.322 e. The quantitative estimate of drug-likeness (QED) is 0.446. The van der Waals surface area contributed by atoms with Gasteiger partial charge in [0.1, 0.15) is 18.1 Å². The Balaban J connectivity index is 1.51. The zero-order valence-electron chi connectivity index (χ0n) is 20.1.